The summed E-state index contributed by atoms with van der Waals surface area (Å²) in [5, 5.41) is 11.6. The number of carboxylic acid groups (broad SMARTS) is 1. The molecule has 0 spiro atoms. The molecular weight excluding hydrogens is 270 g/mol. The summed E-state index contributed by atoms with van der Waals surface area (Å²) in [5.74, 6) is -0.0703. The third-order valence-corrected chi connectivity index (χ3v) is 3.53. The third-order valence-electron chi connectivity index (χ3n) is 3.53. The smallest absolute Gasteiger partial charge is 0.303 e. The van der Waals surface area contributed by atoms with Gasteiger partial charge in [0.1, 0.15) is 5.75 Å². The number of para-hydroxylation sites is 1. The molecule has 5 heteroatoms. The minimum absolute atomic E-state index is 0.166. The number of rotatable bonds is 9. The molecular formula is C16H23NO4. The summed E-state index contributed by atoms with van der Waals surface area (Å²) in [7, 11) is 1.53. The molecule has 116 valence electrons. The van der Waals surface area contributed by atoms with Crippen LogP contribution in [0, 0.1) is 5.92 Å². The Morgan fingerprint density at radius 3 is 2.62 bits per heavy atom. The average Bonchev–Trinajstić information content (AvgIpc) is 2.50. The molecule has 5 nitrogen and oxygen atoms in total. The molecule has 0 radical (unpaired) electrons. The van der Waals surface area contributed by atoms with Gasteiger partial charge in [0.15, 0.2) is 0 Å². The Hall–Kier alpha value is -2.04. The normalized spacial score (nSPS) is 11.7. The van der Waals surface area contributed by atoms with E-state index in [1.54, 1.807) is 18.2 Å². The van der Waals surface area contributed by atoms with Crippen molar-refractivity contribution in [2.75, 3.05) is 13.7 Å². The predicted molar refractivity (Wildman–Crippen MR) is 80.6 cm³/mol. The van der Waals surface area contributed by atoms with Crippen LogP contribution < -0.4 is 10.1 Å². The van der Waals surface area contributed by atoms with Crippen LogP contribution in [-0.2, 0) is 4.79 Å². The molecule has 1 aromatic rings. The van der Waals surface area contributed by atoms with Crippen molar-refractivity contribution in [3.63, 3.8) is 0 Å². The number of carboxylic acids is 1. The molecule has 0 heterocycles. The second-order valence-corrected chi connectivity index (χ2v) is 4.95. The zero-order valence-corrected chi connectivity index (χ0v) is 12.6. The molecule has 1 atom stereocenters. The number of hydrogen-bond acceptors (Lipinski definition) is 3. The van der Waals surface area contributed by atoms with Gasteiger partial charge in [0, 0.05) is 13.0 Å². The van der Waals surface area contributed by atoms with Crippen molar-refractivity contribution in [1.82, 2.24) is 5.32 Å². The van der Waals surface area contributed by atoms with Crippen LogP contribution >= 0.6 is 0 Å². The minimum atomic E-state index is -0.772. The van der Waals surface area contributed by atoms with Gasteiger partial charge in [-0.25, -0.2) is 0 Å². The maximum Gasteiger partial charge on any atom is 0.303 e. The standard InChI is InChI=1S/C16H23NO4/c1-3-12(8-9-15(18)19)10-11-17-16(20)13-6-4-5-7-14(13)21-2/h4-7,12H,3,8-11H2,1-2H3,(H,17,20)(H,18,19). The lowest BCUT2D eigenvalue weighted by atomic mass is 9.96. The van der Waals surface area contributed by atoms with Crippen molar-refractivity contribution >= 4 is 11.9 Å². The summed E-state index contributed by atoms with van der Waals surface area (Å²) < 4.78 is 5.15. The number of nitrogens with one attached hydrogen (secondary N) is 1. The number of hydrogen-bond donors (Lipinski definition) is 2. The molecule has 1 rings (SSSR count). The van der Waals surface area contributed by atoms with Crippen LogP contribution in [-0.4, -0.2) is 30.6 Å². The van der Waals surface area contributed by atoms with E-state index in [-0.39, 0.29) is 12.3 Å². The fourth-order valence-electron chi connectivity index (χ4n) is 2.20. The first kappa shape index (κ1) is 17.0. The highest BCUT2D eigenvalue weighted by Gasteiger charge is 2.13. The Balaban J connectivity index is 2.43. The van der Waals surface area contributed by atoms with E-state index >= 15 is 0 Å². The Bertz CT molecular complexity index is 473. The largest absolute Gasteiger partial charge is 0.496 e. The second kappa shape index (κ2) is 9.00. The van der Waals surface area contributed by atoms with Gasteiger partial charge in [-0.3, -0.25) is 9.59 Å². The van der Waals surface area contributed by atoms with Crippen molar-refractivity contribution in [2.24, 2.45) is 5.92 Å². The molecule has 0 aromatic heterocycles. The second-order valence-electron chi connectivity index (χ2n) is 4.95. The summed E-state index contributed by atoms with van der Waals surface area (Å²) in [4.78, 5) is 22.6. The van der Waals surface area contributed by atoms with E-state index in [9.17, 15) is 9.59 Å². The molecule has 1 aromatic carbocycles. The summed E-state index contributed by atoms with van der Waals surface area (Å²) in [6.45, 7) is 2.57. The SMILES string of the molecule is CCC(CCNC(=O)c1ccccc1OC)CCC(=O)O. The van der Waals surface area contributed by atoms with E-state index in [0.717, 1.165) is 12.8 Å². The lowest BCUT2D eigenvalue weighted by Gasteiger charge is -2.14. The van der Waals surface area contributed by atoms with E-state index in [0.29, 0.717) is 30.2 Å². The van der Waals surface area contributed by atoms with E-state index in [2.05, 4.69) is 5.32 Å². The Morgan fingerprint density at radius 2 is 2.00 bits per heavy atom. The fourth-order valence-corrected chi connectivity index (χ4v) is 2.20. The van der Waals surface area contributed by atoms with Crippen molar-refractivity contribution in [3.8, 4) is 5.75 Å². The van der Waals surface area contributed by atoms with E-state index in [1.165, 1.54) is 7.11 Å². The molecule has 0 aliphatic rings. The molecule has 0 saturated heterocycles. The van der Waals surface area contributed by atoms with E-state index in [1.807, 2.05) is 13.0 Å². The number of benzene rings is 1. The predicted octanol–water partition coefficient (Wildman–Crippen LogP) is 2.71. The third kappa shape index (κ3) is 5.85. The molecule has 0 aliphatic carbocycles. The Kier molecular flexibility index (Phi) is 7.29. The zero-order valence-electron chi connectivity index (χ0n) is 12.6. The van der Waals surface area contributed by atoms with Crippen molar-refractivity contribution < 1.29 is 19.4 Å². The maximum atomic E-state index is 12.1. The van der Waals surface area contributed by atoms with Gasteiger partial charge in [-0.05, 0) is 30.9 Å². The fraction of sp³-hybridized carbons (Fsp3) is 0.500. The molecule has 0 fully saturated rings. The molecule has 2 N–H and O–H groups in total. The van der Waals surface area contributed by atoms with Crippen LogP contribution in [0.2, 0.25) is 0 Å². The van der Waals surface area contributed by atoms with Gasteiger partial charge in [-0.1, -0.05) is 25.5 Å². The average molecular weight is 293 g/mol. The first-order valence-corrected chi connectivity index (χ1v) is 7.21. The maximum absolute atomic E-state index is 12.1. The van der Waals surface area contributed by atoms with Gasteiger partial charge in [-0.2, -0.15) is 0 Å². The van der Waals surface area contributed by atoms with Crippen LogP contribution in [0.3, 0.4) is 0 Å². The highest BCUT2D eigenvalue weighted by atomic mass is 16.5. The van der Waals surface area contributed by atoms with Gasteiger partial charge < -0.3 is 15.2 Å². The van der Waals surface area contributed by atoms with Gasteiger partial charge in [0.05, 0.1) is 12.7 Å². The summed E-state index contributed by atoms with van der Waals surface area (Å²) in [6, 6.07) is 7.07. The molecule has 0 bridgehead atoms. The number of carbonyl (C=O) groups is 2. The zero-order chi connectivity index (χ0) is 15.7. The monoisotopic (exact) mass is 293 g/mol. The van der Waals surface area contributed by atoms with Crippen molar-refractivity contribution in [3.05, 3.63) is 29.8 Å². The summed E-state index contributed by atoms with van der Waals surface area (Å²) >= 11 is 0. The van der Waals surface area contributed by atoms with Crippen LogP contribution in [0.4, 0.5) is 0 Å². The van der Waals surface area contributed by atoms with Gasteiger partial charge in [-0.15, -0.1) is 0 Å². The lowest BCUT2D eigenvalue weighted by molar-refractivity contribution is -0.137. The van der Waals surface area contributed by atoms with Crippen LogP contribution in [0.1, 0.15) is 43.0 Å². The Labute approximate surface area is 125 Å². The molecule has 0 saturated carbocycles. The number of aliphatic carboxylic acids is 1. The number of amides is 1. The molecule has 1 amide bonds. The molecule has 0 aliphatic heterocycles. The van der Waals surface area contributed by atoms with Crippen LogP contribution in [0.5, 0.6) is 5.75 Å². The van der Waals surface area contributed by atoms with Crippen molar-refractivity contribution in [1.29, 1.82) is 0 Å². The number of methoxy groups -OCH3 is 1. The molecule has 1 unspecified atom stereocenters. The topological polar surface area (TPSA) is 75.6 Å². The first-order valence-electron chi connectivity index (χ1n) is 7.21. The van der Waals surface area contributed by atoms with Crippen LogP contribution in [0.25, 0.3) is 0 Å². The Morgan fingerprint density at radius 1 is 1.29 bits per heavy atom. The minimum Gasteiger partial charge on any atom is -0.496 e. The van der Waals surface area contributed by atoms with E-state index < -0.39 is 5.97 Å². The van der Waals surface area contributed by atoms with Gasteiger partial charge in [0.25, 0.3) is 5.91 Å². The summed E-state index contributed by atoms with van der Waals surface area (Å²) in [6.07, 6.45) is 2.53. The molecule has 21 heavy (non-hydrogen) atoms. The van der Waals surface area contributed by atoms with Gasteiger partial charge >= 0.3 is 5.97 Å². The summed E-state index contributed by atoms with van der Waals surface area (Å²) in [5.41, 5.74) is 0.513. The number of carbonyl (C=O) groups excluding carboxylic acids is 1. The van der Waals surface area contributed by atoms with Crippen molar-refractivity contribution in [2.45, 2.75) is 32.6 Å². The quantitative estimate of drug-likeness (QED) is 0.734. The van der Waals surface area contributed by atoms with Gasteiger partial charge in [0.2, 0.25) is 0 Å². The number of ether oxygens (including phenoxy) is 1. The highest BCUT2D eigenvalue weighted by Crippen LogP contribution is 2.18. The van der Waals surface area contributed by atoms with Crippen LogP contribution in [0.15, 0.2) is 24.3 Å². The first-order chi connectivity index (χ1) is 10.1. The lowest BCUT2D eigenvalue weighted by Crippen LogP contribution is -2.26. The van der Waals surface area contributed by atoms with E-state index in [4.69, 9.17) is 9.84 Å². The highest BCUT2D eigenvalue weighted by molar-refractivity contribution is 5.96.